The molecule has 1 aromatic heterocycles. The molecular formula is C20H24N4OS. The number of thioether (sulfide) groups is 1. The number of amides is 1. The Morgan fingerprint density at radius 2 is 2.12 bits per heavy atom. The van der Waals surface area contributed by atoms with Crippen LogP contribution in [0.5, 0.6) is 0 Å². The first-order valence-corrected chi connectivity index (χ1v) is 9.90. The lowest BCUT2D eigenvalue weighted by Gasteiger charge is -2.22. The van der Waals surface area contributed by atoms with Gasteiger partial charge in [-0.2, -0.15) is 5.26 Å². The molecule has 1 N–H and O–H groups in total. The number of aromatic nitrogens is 2. The van der Waals surface area contributed by atoms with E-state index in [4.69, 9.17) is 0 Å². The number of carbonyl (C=O) groups excluding carboxylic acids is 1. The summed E-state index contributed by atoms with van der Waals surface area (Å²) in [7, 11) is 0. The third-order valence-electron chi connectivity index (χ3n) is 4.80. The summed E-state index contributed by atoms with van der Waals surface area (Å²) in [6, 6.07) is 10.6. The summed E-state index contributed by atoms with van der Waals surface area (Å²) in [5.41, 5.74) is 1.56. The zero-order chi connectivity index (χ0) is 18.7. The van der Waals surface area contributed by atoms with E-state index in [2.05, 4.69) is 54.5 Å². The molecular weight excluding hydrogens is 344 g/mol. The highest BCUT2D eigenvalue weighted by atomic mass is 32.2. The fraction of sp³-hybridized carbons (Fsp3) is 0.450. The number of rotatable bonds is 7. The van der Waals surface area contributed by atoms with Crippen molar-refractivity contribution in [3.63, 3.8) is 0 Å². The summed E-state index contributed by atoms with van der Waals surface area (Å²) in [5, 5.41) is 13.0. The van der Waals surface area contributed by atoms with Crippen LogP contribution in [0.1, 0.15) is 45.1 Å². The van der Waals surface area contributed by atoms with Gasteiger partial charge in [-0.15, -0.1) is 0 Å². The Bertz CT molecular complexity index is 817. The smallest absolute Gasteiger partial charge is 0.231 e. The molecule has 3 rings (SSSR count). The van der Waals surface area contributed by atoms with Gasteiger partial charge in [-0.1, -0.05) is 37.7 Å². The molecule has 26 heavy (non-hydrogen) atoms. The van der Waals surface area contributed by atoms with Gasteiger partial charge in [0.05, 0.1) is 11.8 Å². The lowest BCUT2D eigenvalue weighted by atomic mass is 9.98. The molecule has 2 aromatic rings. The zero-order valence-electron chi connectivity index (χ0n) is 15.4. The Balaban J connectivity index is 1.64. The van der Waals surface area contributed by atoms with Crippen LogP contribution in [-0.2, 0) is 4.79 Å². The van der Waals surface area contributed by atoms with Gasteiger partial charge < -0.3 is 5.32 Å². The van der Waals surface area contributed by atoms with Crippen molar-refractivity contribution in [2.24, 2.45) is 5.92 Å². The van der Waals surface area contributed by atoms with E-state index in [0.717, 1.165) is 23.7 Å². The Morgan fingerprint density at radius 1 is 1.42 bits per heavy atom. The molecule has 1 heterocycles. The predicted molar refractivity (Wildman–Crippen MR) is 103 cm³/mol. The Kier molecular flexibility index (Phi) is 5.38. The number of nitriles is 1. The maximum atomic E-state index is 12.3. The molecule has 0 unspecified atom stereocenters. The number of carbonyl (C=O) groups is 1. The van der Waals surface area contributed by atoms with E-state index in [9.17, 15) is 10.1 Å². The molecule has 0 radical (unpaired) electrons. The van der Waals surface area contributed by atoms with E-state index in [1.54, 1.807) is 6.20 Å². The van der Waals surface area contributed by atoms with Gasteiger partial charge in [0.25, 0.3) is 0 Å². The summed E-state index contributed by atoms with van der Waals surface area (Å²) in [5.74, 6) is 0.884. The van der Waals surface area contributed by atoms with Crippen LogP contribution in [0.2, 0.25) is 0 Å². The summed E-state index contributed by atoms with van der Waals surface area (Å²) >= 11 is 1.38. The van der Waals surface area contributed by atoms with E-state index in [1.165, 1.54) is 17.3 Å². The lowest BCUT2D eigenvalue weighted by Crippen LogP contribution is -2.47. The molecule has 1 amide bonds. The van der Waals surface area contributed by atoms with Crippen LogP contribution in [0.3, 0.4) is 0 Å². The average Bonchev–Trinajstić information content (AvgIpc) is 3.39. The minimum atomic E-state index is -0.750. The third-order valence-corrected chi connectivity index (χ3v) is 5.77. The van der Waals surface area contributed by atoms with Gasteiger partial charge in [0.15, 0.2) is 5.16 Å². The number of benzene rings is 1. The van der Waals surface area contributed by atoms with Gasteiger partial charge in [-0.25, -0.2) is 4.98 Å². The summed E-state index contributed by atoms with van der Waals surface area (Å²) < 4.78 is 1.98. The molecule has 0 spiro atoms. The second-order valence-corrected chi connectivity index (χ2v) is 8.19. The highest BCUT2D eigenvalue weighted by Crippen LogP contribution is 2.39. The number of nitrogens with zero attached hydrogens (tertiary/aromatic N) is 3. The van der Waals surface area contributed by atoms with Crippen molar-refractivity contribution in [2.45, 2.75) is 50.2 Å². The first kappa shape index (κ1) is 18.5. The van der Waals surface area contributed by atoms with E-state index in [-0.39, 0.29) is 17.6 Å². The zero-order valence-corrected chi connectivity index (χ0v) is 16.2. The van der Waals surface area contributed by atoms with Gasteiger partial charge >= 0.3 is 0 Å². The normalized spacial score (nSPS) is 16.1. The fourth-order valence-electron chi connectivity index (χ4n) is 2.95. The van der Waals surface area contributed by atoms with Crippen LogP contribution >= 0.6 is 11.8 Å². The minimum Gasteiger partial charge on any atom is -0.337 e. The highest BCUT2D eigenvalue weighted by Gasteiger charge is 2.42. The van der Waals surface area contributed by atoms with Crippen LogP contribution in [0, 0.1) is 17.2 Å². The summed E-state index contributed by atoms with van der Waals surface area (Å²) in [6.45, 7) is 6.15. The van der Waals surface area contributed by atoms with Crippen molar-refractivity contribution in [2.75, 3.05) is 5.75 Å². The molecule has 1 aromatic carbocycles. The number of hydrogen-bond donors (Lipinski definition) is 1. The van der Waals surface area contributed by atoms with Crippen molar-refractivity contribution in [3.05, 3.63) is 42.2 Å². The van der Waals surface area contributed by atoms with Crippen molar-refractivity contribution < 1.29 is 4.79 Å². The molecule has 1 atom stereocenters. The Morgan fingerprint density at radius 3 is 2.69 bits per heavy atom. The largest absolute Gasteiger partial charge is 0.337 e. The standard InChI is InChI=1S/C20H24N4OS/c1-14(2)15-4-8-17(9-5-15)24-11-10-22-19(24)26-12-18(25)23-20(3,13-21)16-6-7-16/h4-5,8-11,14,16H,6-7,12H2,1-3H3,(H,23,25)/t20-/m0/s1. The van der Waals surface area contributed by atoms with Gasteiger partial charge in [-0.3, -0.25) is 9.36 Å². The molecule has 136 valence electrons. The predicted octanol–water partition coefficient (Wildman–Crippen LogP) is 3.90. The Labute approximate surface area is 158 Å². The molecule has 6 heteroatoms. The van der Waals surface area contributed by atoms with E-state index < -0.39 is 5.54 Å². The quantitative estimate of drug-likeness (QED) is 0.753. The SMILES string of the molecule is CC(C)c1ccc(-n2ccnc2SCC(=O)N[C@@](C)(C#N)C2CC2)cc1. The lowest BCUT2D eigenvalue weighted by molar-refractivity contribution is -0.119. The van der Waals surface area contributed by atoms with Gasteiger partial charge in [0.1, 0.15) is 5.54 Å². The van der Waals surface area contributed by atoms with E-state index in [0.29, 0.717) is 5.92 Å². The second-order valence-electron chi connectivity index (χ2n) is 7.25. The molecule has 1 fully saturated rings. The average molecular weight is 369 g/mol. The highest BCUT2D eigenvalue weighted by molar-refractivity contribution is 7.99. The maximum Gasteiger partial charge on any atom is 0.231 e. The molecule has 0 saturated heterocycles. The molecule has 1 aliphatic rings. The maximum absolute atomic E-state index is 12.3. The van der Waals surface area contributed by atoms with Gasteiger partial charge in [0.2, 0.25) is 5.91 Å². The minimum absolute atomic E-state index is 0.129. The topological polar surface area (TPSA) is 70.7 Å². The van der Waals surface area contributed by atoms with Crippen LogP contribution in [-0.4, -0.2) is 26.8 Å². The first-order chi connectivity index (χ1) is 12.4. The van der Waals surface area contributed by atoms with Gasteiger partial charge in [-0.05, 0) is 49.3 Å². The van der Waals surface area contributed by atoms with E-state index in [1.807, 2.05) is 17.7 Å². The summed E-state index contributed by atoms with van der Waals surface area (Å²) in [4.78, 5) is 16.7. The van der Waals surface area contributed by atoms with Crippen molar-refractivity contribution in [1.82, 2.24) is 14.9 Å². The summed E-state index contributed by atoms with van der Waals surface area (Å²) in [6.07, 6.45) is 5.65. The molecule has 0 bridgehead atoms. The Hall–Kier alpha value is -2.26. The molecule has 1 aliphatic carbocycles. The van der Waals surface area contributed by atoms with E-state index >= 15 is 0 Å². The first-order valence-electron chi connectivity index (χ1n) is 8.91. The van der Waals surface area contributed by atoms with Crippen molar-refractivity contribution in [3.8, 4) is 11.8 Å². The number of nitrogens with one attached hydrogen (secondary N) is 1. The van der Waals surface area contributed by atoms with Gasteiger partial charge in [0, 0.05) is 18.1 Å². The van der Waals surface area contributed by atoms with Crippen LogP contribution < -0.4 is 5.32 Å². The third kappa shape index (κ3) is 4.10. The molecule has 5 nitrogen and oxygen atoms in total. The van der Waals surface area contributed by atoms with Crippen LogP contribution in [0.4, 0.5) is 0 Å². The van der Waals surface area contributed by atoms with Crippen LogP contribution in [0.25, 0.3) is 5.69 Å². The number of hydrogen-bond acceptors (Lipinski definition) is 4. The van der Waals surface area contributed by atoms with Crippen LogP contribution in [0.15, 0.2) is 41.8 Å². The number of imidazole rings is 1. The molecule has 0 aliphatic heterocycles. The fourth-order valence-corrected chi connectivity index (χ4v) is 3.72. The molecule has 1 saturated carbocycles. The van der Waals surface area contributed by atoms with Crippen molar-refractivity contribution >= 4 is 17.7 Å². The van der Waals surface area contributed by atoms with Crippen molar-refractivity contribution in [1.29, 1.82) is 5.26 Å². The second kappa shape index (κ2) is 7.55. The monoisotopic (exact) mass is 368 g/mol.